The molecule has 0 amide bonds. The molecular formula is C17H17N3. The lowest BCUT2D eigenvalue weighted by Gasteiger charge is -2.32. The Hall–Kier alpha value is -2.47. The van der Waals surface area contributed by atoms with Gasteiger partial charge in [-0.1, -0.05) is 6.07 Å². The molecule has 1 aliphatic rings. The van der Waals surface area contributed by atoms with Crippen LogP contribution in [0.4, 0.5) is 17.1 Å². The zero-order valence-corrected chi connectivity index (χ0v) is 11.8. The maximum Gasteiger partial charge on any atom is 0.0992 e. The highest BCUT2D eigenvalue weighted by Crippen LogP contribution is 2.36. The van der Waals surface area contributed by atoms with E-state index in [0.29, 0.717) is 5.56 Å². The Morgan fingerprint density at radius 3 is 2.55 bits per heavy atom. The van der Waals surface area contributed by atoms with E-state index in [1.165, 1.54) is 16.8 Å². The summed E-state index contributed by atoms with van der Waals surface area (Å²) in [6.45, 7) is 6.05. The molecule has 2 aromatic rings. The average Bonchev–Trinajstić information content (AvgIpc) is 2.45. The minimum absolute atomic E-state index is 0.696. The maximum absolute atomic E-state index is 9.10. The maximum atomic E-state index is 9.10. The lowest BCUT2D eigenvalue weighted by Crippen LogP contribution is -2.30. The molecule has 20 heavy (non-hydrogen) atoms. The van der Waals surface area contributed by atoms with Gasteiger partial charge in [-0.2, -0.15) is 5.26 Å². The molecule has 3 nitrogen and oxygen atoms in total. The van der Waals surface area contributed by atoms with Gasteiger partial charge in [-0.05, 0) is 55.3 Å². The molecule has 0 atom stereocenters. The molecule has 1 aliphatic heterocycles. The fourth-order valence-electron chi connectivity index (χ4n) is 2.77. The van der Waals surface area contributed by atoms with Crippen LogP contribution < -0.4 is 10.2 Å². The van der Waals surface area contributed by atoms with Crippen molar-refractivity contribution < 1.29 is 0 Å². The van der Waals surface area contributed by atoms with Crippen LogP contribution in [0.15, 0.2) is 36.4 Å². The fraction of sp³-hybridized carbons (Fsp3) is 0.235. The van der Waals surface area contributed by atoms with Gasteiger partial charge in [0.2, 0.25) is 0 Å². The molecule has 0 radical (unpaired) electrons. The van der Waals surface area contributed by atoms with E-state index in [1.807, 2.05) is 18.2 Å². The summed E-state index contributed by atoms with van der Waals surface area (Å²) < 4.78 is 0. The minimum atomic E-state index is 0.696. The SMILES string of the molecule is Cc1cc(C)cc(N2CCNc3ccc(C#N)cc32)c1. The molecule has 0 saturated carbocycles. The zero-order chi connectivity index (χ0) is 14.1. The number of aryl methyl sites for hydroxylation is 2. The molecule has 3 heteroatoms. The molecule has 0 saturated heterocycles. The van der Waals surface area contributed by atoms with Crippen molar-refractivity contribution in [3.8, 4) is 6.07 Å². The summed E-state index contributed by atoms with van der Waals surface area (Å²) in [6.07, 6.45) is 0. The summed E-state index contributed by atoms with van der Waals surface area (Å²) in [5.74, 6) is 0. The van der Waals surface area contributed by atoms with Crippen molar-refractivity contribution in [1.82, 2.24) is 0 Å². The first-order valence-electron chi connectivity index (χ1n) is 6.81. The molecule has 1 heterocycles. The molecule has 3 rings (SSSR count). The Kier molecular flexibility index (Phi) is 3.08. The molecule has 100 valence electrons. The van der Waals surface area contributed by atoms with Crippen molar-refractivity contribution in [3.05, 3.63) is 53.1 Å². The fourth-order valence-corrected chi connectivity index (χ4v) is 2.77. The van der Waals surface area contributed by atoms with Crippen molar-refractivity contribution in [2.75, 3.05) is 23.3 Å². The van der Waals surface area contributed by atoms with Crippen LogP contribution in [0.1, 0.15) is 16.7 Å². The lowest BCUT2D eigenvalue weighted by atomic mass is 10.1. The van der Waals surface area contributed by atoms with E-state index in [1.54, 1.807) is 0 Å². The second-order valence-corrected chi connectivity index (χ2v) is 5.27. The predicted molar refractivity (Wildman–Crippen MR) is 82.6 cm³/mol. The average molecular weight is 263 g/mol. The summed E-state index contributed by atoms with van der Waals surface area (Å²) in [5, 5.41) is 12.5. The summed E-state index contributed by atoms with van der Waals surface area (Å²) in [7, 11) is 0. The number of fused-ring (bicyclic) bond motifs is 1. The van der Waals surface area contributed by atoms with Gasteiger partial charge in [0, 0.05) is 18.8 Å². The Morgan fingerprint density at radius 2 is 1.85 bits per heavy atom. The Balaban J connectivity index is 2.11. The highest BCUT2D eigenvalue weighted by molar-refractivity contribution is 5.80. The van der Waals surface area contributed by atoms with Crippen molar-refractivity contribution in [1.29, 1.82) is 5.26 Å². The number of nitrogens with zero attached hydrogens (tertiary/aromatic N) is 2. The standard InChI is InChI=1S/C17H17N3/c1-12-7-13(2)9-15(8-12)20-6-5-19-16-4-3-14(11-18)10-17(16)20/h3-4,7-10,19H,5-6H2,1-2H3. The van der Waals surface area contributed by atoms with Crippen LogP contribution in [0.2, 0.25) is 0 Å². The quantitative estimate of drug-likeness (QED) is 0.852. The third-order valence-electron chi connectivity index (χ3n) is 3.59. The molecule has 0 aliphatic carbocycles. The normalized spacial score (nSPS) is 13.3. The summed E-state index contributed by atoms with van der Waals surface area (Å²) in [6, 6.07) is 14.6. The molecule has 0 bridgehead atoms. The van der Waals surface area contributed by atoms with Crippen molar-refractivity contribution in [3.63, 3.8) is 0 Å². The molecule has 0 fully saturated rings. The van der Waals surface area contributed by atoms with Crippen LogP contribution in [-0.4, -0.2) is 13.1 Å². The van der Waals surface area contributed by atoms with Crippen LogP contribution in [0.3, 0.4) is 0 Å². The van der Waals surface area contributed by atoms with Crippen molar-refractivity contribution in [2.24, 2.45) is 0 Å². The van der Waals surface area contributed by atoms with Crippen LogP contribution in [0, 0.1) is 25.2 Å². The van der Waals surface area contributed by atoms with Gasteiger partial charge in [-0.3, -0.25) is 0 Å². The smallest absolute Gasteiger partial charge is 0.0992 e. The highest BCUT2D eigenvalue weighted by atomic mass is 15.2. The van der Waals surface area contributed by atoms with Gasteiger partial charge < -0.3 is 10.2 Å². The number of nitrogens with one attached hydrogen (secondary N) is 1. The van der Waals surface area contributed by atoms with E-state index in [0.717, 1.165) is 24.5 Å². The van der Waals surface area contributed by atoms with Gasteiger partial charge in [-0.15, -0.1) is 0 Å². The summed E-state index contributed by atoms with van der Waals surface area (Å²) in [4.78, 5) is 2.28. The van der Waals surface area contributed by atoms with Crippen molar-refractivity contribution >= 4 is 17.1 Å². The van der Waals surface area contributed by atoms with Gasteiger partial charge >= 0.3 is 0 Å². The molecule has 0 spiro atoms. The topological polar surface area (TPSA) is 39.1 Å². The number of hydrogen-bond acceptors (Lipinski definition) is 3. The van der Waals surface area contributed by atoms with Crippen LogP contribution in [0.25, 0.3) is 0 Å². The van der Waals surface area contributed by atoms with E-state index in [9.17, 15) is 0 Å². The third kappa shape index (κ3) is 2.21. The van der Waals surface area contributed by atoms with Gasteiger partial charge in [0.1, 0.15) is 0 Å². The number of hydrogen-bond donors (Lipinski definition) is 1. The molecule has 0 aromatic heterocycles. The van der Waals surface area contributed by atoms with Gasteiger partial charge in [0.05, 0.1) is 23.0 Å². The van der Waals surface area contributed by atoms with Gasteiger partial charge in [0.15, 0.2) is 0 Å². The first-order valence-corrected chi connectivity index (χ1v) is 6.81. The predicted octanol–water partition coefficient (Wildman–Crippen LogP) is 3.74. The van der Waals surface area contributed by atoms with Crippen molar-refractivity contribution in [2.45, 2.75) is 13.8 Å². The first kappa shape index (κ1) is 12.6. The molecular weight excluding hydrogens is 246 g/mol. The van der Waals surface area contributed by atoms with E-state index >= 15 is 0 Å². The van der Waals surface area contributed by atoms with Crippen LogP contribution >= 0.6 is 0 Å². The second kappa shape index (κ2) is 4.90. The Morgan fingerprint density at radius 1 is 1.10 bits per heavy atom. The third-order valence-corrected chi connectivity index (χ3v) is 3.59. The largest absolute Gasteiger partial charge is 0.382 e. The molecule has 1 N–H and O–H groups in total. The van der Waals surface area contributed by atoms with E-state index < -0.39 is 0 Å². The van der Waals surface area contributed by atoms with Gasteiger partial charge in [-0.25, -0.2) is 0 Å². The van der Waals surface area contributed by atoms with Gasteiger partial charge in [0.25, 0.3) is 0 Å². The molecule has 0 unspecified atom stereocenters. The minimum Gasteiger partial charge on any atom is -0.382 e. The second-order valence-electron chi connectivity index (χ2n) is 5.27. The monoisotopic (exact) mass is 263 g/mol. The first-order chi connectivity index (χ1) is 9.67. The number of benzene rings is 2. The Labute approximate surface area is 119 Å². The number of rotatable bonds is 1. The summed E-state index contributed by atoms with van der Waals surface area (Å²) in [5.41, 5.74) is 6.59. The van der Waals surface area contributed by atoms with E-state index in [2.05, 4.69) is 48.3 Å². The number of anilines is 3. The van der Waals surface area contributed by atoms with E-state index in [4.69, 9.17) is 5.26 Å². The summed E-state index contributed by atoms with van der Waals surface area (Å²) >= 11 is 0. The van der Waals surface area contributed by atoms with Crippen LogP contribution in [-0.2, 0) is 0 Å². The number of nitriles is 1. The highest BCUT2D eigenvalue weighted by Gasteiger charge is 2.18. The lowest BCUT2D eigenvalue weighted by molar-refractivity contribution is 0.925. The Bertz CT molecular complexity index is 678. The molecule has 2 aromatic carbocycles. The zero-order valence-electron chi connectivity index (χ0n) is 11.8. The van der Waals surface area contributed by atoms with E-state index in [-0.39, 0.29) is 0 Å². The van der Waals surface area contributed by atoms with Crippen LogP contribution in [0.5, 0.6) is 0 Å².